The van der Waals surface area contributed by atoms with Gasteiger partial charge in [0.15, 0.2) is 5.82 Å². The van der Waals surface area contributed by atoms with Gasteiger partial charge in [-0.3, -0.25) is 0 Å². The lowest BCUT2D eigenvalue weighted by molar-refractivity contribution is 0.582. The minimum atomic E-state index is -0.771. The first-order valence-electron chi connectivity index (χ1n) is 6.14. The van der Waals surface area contributed by atoms with Crippen LogP contribution in [0.2, 0.25) is 0 Å². The van der Waals surface area contributed by atoms with Gasteiger partial charge in [-0.2, -0.15) is 0 Å². The number of nitrogens with two attached hydrogens (primary N) is 2. The van der Waals surface area contributed by atoms with Crippen LogP contribution in [-0.2, 0) is 0 Å². The second-order valence-corrected chi connectivity index (χ2v) is 4.31. The van der Waals surface area contributed by atoms with Crippen LogP contribution in [0.25, 0.3) is 6.08 Å². The van der Waals surface area contributed by atoms with Gasteiger partial charge >= 0.3 is 0 Å². The van der Waals surface area contributed by atoms with Crippen molar-refractivity contribution in [2.45, 2.75) is 0 Å². The summed E-state index contributed by atoms with van der Waals surface area (Å²) < 4.78 is 27.2. The Bertz CT molecular complexity index is 548. The topological polar surface area (TPSA) is 64.1 Å². The minimum Gasteiger partial charge on any atom is -0.396 e. The lowest BCUT2D eigenvalue weighted by Gasteiger charge is -2.04. The highest BCUT2D eigenvalue weighted by molar-refractivity contribution is 5.60. The summed E-state index contributed by atoms with van der Waals surface area (Å²) in [6.45, 7) is 4.81. The maximum Gasteiger partial charge on any atom is 0.156 e. The molecule has 0 aromatic heterocycles. The molecule has 0 fully saturated rings. The Balaban J connectivity index is 2.93. The molecule has 0 aliphatic heterocycles. The number of allylic oxidation sites excluding steroid dienone is 3. The van der Waals surface area contributed by atoms with Gasteiger partial charge in [-0.15, -0.1) is 0 Å². The van der Waals surface area contributed by atoms with E-state index in [4.69, 9.17) is 11.5 Å². The zero-order valence-electron chi connectivity index (χ0n) is 11.4. The molecular formula is C15H19F2N3. The number of hydrogen-bond acceptors (Lipinski definition) is 3. The molecule has 0 unspecified atom stereocenters. The Morgan fingerprint density at radius 2 is 2.10 bits per heavy atom. The molecule has 0 atom stereocenters. The van der Waals surface area contributed by atoms with Crippen LogP contribution in [-0.4, -0.2) is 20.1 Å². The number of benzene rings is 1. The molecule has 0 saturated heterocycles. The molecule has 5 heteroatoms. The summed E-state index contributed by atoms with van der Waals surface area (Å²) in [7, 11) is 1.81. The van der Waals surface area contributed by atoms with Crippen molar-refractivity contribution in [3.05, 3.63) is 59.2 Å². The highest BCUT2D eigenvalue weighted by atomic mass is 19.1. The van der Waals surface area contributed by atoms with E-state index in [1.54, 1.807) is 13.1 Å². The number of halogens is 2. The average molecular weight is 279 g/mol. The predicted molar refractivity (Wildman–Crippen MR) is 80.0 cm³/mol. The Labute approximate surface area is 117 Å². The molecule has 3 nitrogen and oxygen atoms in total. The Hall–Kier alpha value is -1.98. The van der Waals surface area contributed by atoms with Crippen LogP contribution in [0.4, 0.5) is 14.5 Å². The van der Waals surface area contributed by atoms with Gasteiger partial charge in [-0.1, -0.05) is 18.7 Å². The quantitative estimate of drug-likeness (QED) is 0.552. The molecule has 1 aromatic carbocycles. The van der Waals surface area contributed by atoms with Gasteiger partial charge < -0.3 is 16.8 Å². The van der Waals surface area contributed by atoms with E-state index in [9.17, 15) is 8.78 Å². The Morgan fingerprint density at radius 3 is 2.70 bits per heavy atom. The van der Waals surface area contributed by atoms with Crippen molar-refractivity contribution >= 4 is 11.8 Å². The zero-order valence-corrected chi connectivity index (χ0v) is 11.4. The normalized spacial score (nSPS) is 12.1. The molecule has 5 N–H and O–H groups in total. The molecule has 1 rings (SSSR count). The monoisotopic (exact) mass is 279 g/mol. The van der Waals surface area contributed by atoms with Crippen molar-refractivity contribution in [1.29, 1.82) is 0 Å². The van der Waals surface area contributed by atoms with Crippen LogP contribution in [0.5, 0.6) is 0 Å². The molecule has 0 spiro atoms. The van der Waals surface area contributed by atoms with Gasteiger partial charge in [0.2, 0.25) is 0 Å². The van der Waals surface area contributed by atoms with Gasteiger partial charge in [0, 0.05) is 18.7 Å². The first-order valence-corrected chi connectivity index (χ1v) is 6.14. The van der Waals surface area contributed by atoms with Crippen molar-refractivity contribution in [1.82, 2.24) is 5.32 Å². The number of anilines is 1. The van der Waals surface area contributed by atoms with Crippen LogP contribution in [0.3, 0.4) is 0 Å². The van der Waals surface area contributed by atoms with Crippen molar-refractivity contribution in [2.75, 3.05) is 25.9 Å². The van der Waals surface area contributed by atoms with E-state index < -0.39 is 11.6 Å². The van der Waals surface area contributed by atoms with E-state index >= 15 is 0 Å². The molecule has 0 aliphatic rings. The van der Waals surface area contributed by atoms with Gasteiger partial charge in [0.25, 0.3) is 0 Å². The van der Waals surface area contributed by atoms with Crippen LogP contribution in [0.15, 0.2) is 42.0 Å². The molecule has 1 aromatic rings. The van der Waals surface area contributed by atoms with Crippen molar-refractivity contribution in [2.24, 2.45) is 5.73 Å². The lowest BCUT2D eigenvalue weighted by atomic mass is 10.1. The third-order valence-electron chi connectivity index (χ3n) is 2.68. The summed E-state index contributed by atoms with van der Waals surface area (Å²) in [5.74, 6) is -1.44. The average Bonchev–Trinajstić information content (AvgIpc) is 2.42. The standard InChI is InChI=1S/C15H19F2N3/c1-10(7-11(8-18)9-20-2)3-4-12-13(16)5-6-14(19)15(12)17/h3-7,20H,1,8-9,18-19H2,2H3/b4-3?,11-7-. The Kier molecular flexibility index (Phi) is 6.09. The van der Waals surface area contributed by atoms with Crippen LogP contribution >= 0.6 is 0 Å². The van der Waals surface area contributed by atoms with Crippen molar-refractivity contribution in [3.63, 3.8) is 0 Å². The SMILES string of the molecule is C=C(C=Cc1c(F)ccc(N)c1F)/C=C(/CN)CNC. The molecule has 0 bridgehead atoms. The molecule has 20 heavy (non-hydrogen) atoms. The first kappa shape index (κ1) is 16.1. The number of hydrogen-bond donors (Lipinski definition) is 3. The van der Waals surface area contributed by atoms with E-state index in [1.165, 1.54) is 18.2 Å². The zero-order chi connectivity index (χ0) is 15.1. The van der Waals surface area contributed by atoms with E-state index in [1.807, 2.05) is 0 Å². The molecule has 0 aliphatic carbocycles. The number of nitrogens with one attached hydrogen (secondary N) is 1. The highest BCUT2D eigenvalue weighted by Gasteiger charge is 2.08. The number of rotatable bonds is 6. The lowest BCUT2D eigenvalue weighted by Crippen LogP contribution is -2.16. The van der Waals surface area contributed by atoms with Crippen LogP contribution < -0.4 is 16.8 Å². The maximum atomic E-state index is 13.7. The number of likely N-dealkylation sites (N-methyl/N-ethyl adjacent to an activating group) is 1. The molecule has 0 amide bonds. The second-order valence-electron chi connectivity index (χ2n) is 4.31. The second kappa shape index (κ2) is 7.57. The summed E-state index contributed by atoms with van der Waals surface area (Å²) >= 11 is 0. The summed E-state index contributed by atoms with van der Waals surface area (Å²) in [4.78, 5) is 0. The fourth-order valence-electron chi connectivity index (χ4n) is 1.65. The third-order valence-corrected chi connectivity index (χ3v) is 2.68. The van der Waals surface area contributed by atoms with Gasteiger partial charge in [-0.05, 0) is 36.4 Å². The summed E-state index contributed by atoms with van der Waals surface area (Å²) in [5, 5.41) is 2.97. The molecule has 0 saturated carbocycles. The maximum absolute atomic E-state index is 13.7. The van der Waals surface area contributed by atoms with Crippen molar-refractivity contribution in [3.8, 4) is 0 Å². The smallest absolute Gasteiger partial charge is 0.156 e. The van der Waals surface area contributed by atoms with Gasteiger partial charge in [-0.25, -0.2) is 8.78 Å². The third kappa shape index (κ3) is 4.29. The fourth-order valence-corrected chi connectivity index (χ4v) is 1.65. The highest BCUT2D eigenvalue weighted by Crippen LogP contribution is 2.20. The van der Waals surface area contributed by atoms with Crippen LogP contribution in [0, 0.1) is 11.6 Å². The molecule has 0 radical (unpaired) electrons. The molecule has 0 heterocycles. The fraction of sp³-hybridized carbons (Fsp3) is 0.200. The minimum absolute atomic E-state index is 0.0926. The summed E-state index contributed by atoms with van der Waals surface area (Å²) in [6, 6.07) is 2.32. The molecule has 108 valence electrons. The van der Waals surface area contributed by atoms with E-state index in [-0.39, 0.29) is 11.3 Å². The van der Waals surface area contributed by atoms with E-state index in [2.05, 4.69) is 11.9 Å². The van der Waals surface area contributed by atoms with Gasteiger partial charge in [0.05, 0.1) is 5.69 Å². The summed E-state index contributed by atoms with van der Waals surface area (Å²) in [6.07, 6.45) is 4.61. The first-order chi connectivity index (χ1) is 9.49. The van der Waals surface area contributed by atoms with Crippen LogP contribution in [0.1, 0.15) is 5.56 Å². The number of nitrogen functional groups attached to an aromatic ring is 1. The van der Waals surface area contributed by atoms with Crippen molar-refractivity contribution < 1.29 is 8.78 Å². The summed E-state index contributed by atoms with van der Waals surface area (Å²) in [5.41, 5.74) is 12.2. The molecular weight excluding hydrogens is 260 g/mol. The Morgan fingerprint density at radius 1 is 1.40 bits per heavy atom. The van der Waals surface area contributed by atoms with Gasteiger partial charge in [0.1, 0.15) is 5.82 Å². The predicted octanol–water partition coefficient (Wildman–Crippen LogP) is 2.22. The van der Waals surface area contributed by atoms with E-state index in [0.29, 0.717) is 18.7 Å². The largest absolute Gasteiger partial charge is 0.396 e. The van der Waals surface area contributed by atoms with E-state index in [0.717, 1.165) is 11.6 Å².